The van der Waals surface area contributed by atoms with Crippen molar-refractivity contribution < 1.29 is 24.2 Å². The number of carboxylic acids is 1. The van der Waals surface area contributed by atoms with Gasteiger partial charge in [0.05, 0.1) is 5.69 Å². The van der Waals surface area contributed by atoms with Crippen molar-refractivity contribution in [3.63, 3.8) is 0 Å². The van der Waals surface area contributed by atoms with Gasteiger partial charge >= 0.3 is 12.1 Å². The number of likely N-dealkylation sites (tertiary alicyclic amines) is 1. The van der Waals surface area contributed by atoms with Crippen LogP contribution in [0.25, 0.3) is 0 Å². The summed E-state index contributed by atoms with van der Waals surface area (Å²) in [5, 5.41) is 9.18. The molecule has 164 valence electrons. The van der Waals surface area contributed by atoms with Crippen LogP contribution in [-0.2, 0) is 26.5 Å². The van der Waals surface area contributed by atoms with Crippen LogP contribution < -0.4 is 0 Å². The largest absolute Gasteiger partial charge is 0.480 e. The number of hydrogen-bond acceptors (Lipinski definition) is 5. The average molecular weight is 489 g/mol. The Morgan fingerprint density at radius 1 is 1.16 bits per heavy atom. The zero-order valence-corrected chi connectivity index (χ0v) is 18.7. The van der Waals surface area contributed by atoms with E-state index in [0.29, 0.717) is 31.8 Å². The van der Waals surface area contributed by atoms with Crippen LogP contribution in [-0.4, -0.2) is 46.7 Å². The van der Waals surface area contributed by atoms with E-state index in [1.807, 2.05) is 42.5 Å². The van der Waals surface area contributed by atoms with E-state index < -0.39 is 11.6 Å². The number of benzene rings is 1. The van der Waals surface area contributed by atoms with Gasteiger partial charge in [0, 0.05) is 23.8 Å². The maximum atomic E-state index is 12.6. The number of aromatic nitrogens is 1. The third-order valence-corrected chi connectivity index (χ3v) is 6.69. The summed E-state index contributed by atoms with van der Waals surface area (Å²) < 4.78 is 12.3. The second-order valence-corrected chi connectivity index (χ2v) is 9.16. The number of ether oxygens (including phenoxy) is 2. The van der Waals surface area contributed by atoms with Gasteiger partial charge in [0.1, 0.15) is 18.8 Å². The van der Waals surface area contributed by atoms with Crippen LogP contribution in [0.3, 0.4) is 0 Å². The monoisotopic (exact) mass is 488 g/mol. The smallest absolute Gasteiger partial charge is 0.410 e. The van der Waals surface area contributed by atoms with Crippen LogP contribution in [0.1, 0.15) is 30.5 Å². The third-order valence-electron chi connectivity index (χ3n) is 6.22. The van der Waals surface area contributed by atoms with Gasteiger partial charge in [-0.3, -0.25) is 4.98 Å². The maximum Gasteiger partial charge on any atom is 0.410 e. The summed E-state index contributed by atoms with van der Waals surface area (Å²) in [6, 6.07) is 13.4. The zero-order chi connectivity index (χ0) is 21.8. The molecule has 1 aromatic carbocycles. The van der Waals surface area contributed by atoms with E-state index in [2.05, 4.69) is 20.9 Å². The number of carbonyl (C=O) groups excluding carboxylic acids is 1. The van der Waals surface area contributed by atoms with Crippen molar-refractivity contribution in [1.82, 2.24) is 9.88 Å². The highest BCUT2D eigenvalue weighted by molar-refractivity contribution is 9.10. The molecule has 0 radical (unpaired) electrons. The summed E-state index contributed by atoms with van der Waals surface area (Å²) in [6.07, 6.45) is 3.53. The number of amides is 1. The summed E-state index contributed by atoms with van der Waals surface area (Å²) >= 11 is 3.39. The minimum absolute atomic E-state index is 0.206. The predicted molar refractivity (Wildman–Crippen MR) is 116 cm³/mol. The molecule has 3 atom stereocenters. The van der Waals surface area contributed by atoms with Crippen molar-refractivity contribution in [3.05, 3.63) is 64.4 Å². The Labute approximate surface area is 189 Å². The van der Waals surface area contributed by atoms with Crippen molar-refractivity contribution in [1.29, 1.82) is 0 Å². The van der Waals surface area contributed by atoms with Crippen LogP contribution in [0.5, 0.6) is 0 Å². The minimum Gasteiger partial charge on any atom is -0.480 e. The summed E-state index contributed by atoms with van der Waals surface area (Å²) in [4.78, 5) is 30.1. The van der Waals surface area contributed by atoms with Gasteiger partial charge in [0.2, 0.25) is 0 Å². The fourth-order valence-corrected chi connectivity index (χ4v) is 4.92. The van der Waals surface area contributed by atoms with Gasteiger partial charge in [-0.2, -0.15) is 0 Å². The Hall–Kier alpha value is -2.45. The molecule has 1 saturated carbocycles. The summed E-state index contributed by atoms with van der Waals surface area (Å²) in [6.45, 7) is 1.10. The molecule has 31 heavy (non-hydrogen) atoms. The van der Waals surface area contributed by atoms with E-state index in [0.717, 1.165) is 22.2 Å². The van der Waals surface area contributed by atoms with Crippen molar-refractivity contribution in [2.24, 2.45) is 11.8 Å². The second kappa shape index (κ2) is 9.36. The molecule has 8 heteroatoms. The molecule has 2 aromatic rings. The summed E-state index contributed by atoms with van der Waals surface area (Å²) in [7, 11) is 0. The first kappa shape index (κ1) is 21.8. The van der Waals surface area contributed by atoms with Crippen molar-refractivity contribution in [2.75, 3.05) is 19.7 Å². The zero-order valence-electron chi connectivity index (χ0n) is 17.1. The molecule has 2 aliphatic rings. The Kier molecular flexibility index (Phi) is 6.57. The third kappa shape index (κ3) is 5.07. The van der Waals surface area contributed by atoms with Crippen LogP contribution in [0.4, 0.5) is 4.79 Å². The van der Waals surface area contributed by atoms with Gasteiger partial charge in [0.25, 0.3) is 0 Å². The Bertz CT molecular complexity index is 923. The SMILES string of the molecule is O=C(O)COC1(c2ccc(Br)cn2)CCC2CN(C(=O)OCc3ccccc3)CC2C1. The van der Waals surface area contributed by atoms with E-state index in [1.54, 1.807) is 11.1 Å². The highest BCUT2D eigenvalue weighted by Gasteiger charge is 2.48. The highest BCUT2D eigenvalue weighted by Crippen LogP contribution is 2.47. The molecule has 1 N–H and O–H groups in total. The topological polar surface area (TPSA) is 89.0 Å². The standard InChI is InChI=1S/C23H25BrN2O5/c24-19-6-7-20(25-11-19)23(31-15-21(27)28)9-8-17-12-26(13-18(17)10-23)22(29)30-14-16-4-2-1-3-5-16/h1-7,11,17-18H,8-10,12-15H2,(H,27,28). The summed E-state index contributed by atoms with van der Waals surface area (Å²) in [5.41, 5.74) is 0.930. The second-order valence-electron chi connectivity index (χ2n) is 8.25. The molecule has 4 rings (SSSR count). The summed E-state index contributed by atoms with van der Waals surface area (Å²) in [5.74, 6) is -0.449. The lowest BCUT2D eigenvalue weighted by molar-refractivity contribution is -0.156. The van der Waals surface area contributed by atoms with Gasteiger partial charge in [-0.05, 0) is 64.7 Å². The first-order chi connectivity index (χ1) is 14.9. The van der Waals surface area contributed by atoms with Gasteiger partial charge in [-0.25, -0.2) is 9.59 Å². The number of carboxylic acid groups (broad SMARTS) is 1. The van der Waals surface area contributed by atoms with E-state index in [-0.39, 0.29) is 25.2 Å². The van der Waals surface area contributed by atoms with Crippen molar-refractivity contribution in [2.45, 2.75) is 31.5 Å². The number of carbonyl (C=O) groups is 2. The van der Waals surface area contributed by atoms with Crippen molar-refractivity contribution >= 4 is 28.0 Å². The average Bonchev–Trinajstić information content (AvgIpc) is 3.20. The van der Waals surface area contributed by atoms with Gasteiger partial charge in [-0.1, -0.05) is 30.3 Å². The lowest BCUT2D eigenvalue weighted by atomic mass is 9.71. The predicted octanol–water partition coefficient (Wildman–Crippen LogP) is 4.21. The normalized spacial score (nSPS) is 25.1. The van der Waals surface area contributed by atoms with Crippen molar-refractivity contribution in [3.8, 4) is 0 Å². The molecule has 3 unspecified atom stereocenters. The van der Waals surface area contributed by atoms with E-state index >= 15 is 0 Å². The fraction of sp³-hybridized carbons (Fsp3) is 0.435. The Morgan fingerprint density at radius 2 is 1.94 bits per heavy atom. The molecule has 7 nitrogen and oxygen atoms in total. The molecule has 1 aromatic heterocycles. The number of rotatable bonds is 6. The lowest BCUT2D eigenvalue weighted by Crippen LogP contribution is -2.41. The number of nitrogens with zero attached hydrogens (tertiary/aromatic N) is 2. The molecular weight excluding hydrogens is 464 g/mol. The highest BCUT2D eigenvalue weighted by atomic mass is 79.9. The van der Waals surface area contributed by atoms with Crippen LogP contribution >= 0.6 is 15.9 Å². The maximum absolute atomic E-state index is 12.6. The van der Waals surface area contributed by atoms with Crippen LogP contribution in [0.15, 0.2) is 53.1 Å². The first-order valence-corrected chi connectivity index (χ1v) is 11.2. The van der Waals surface area contributed by atoms with Crippen LogP contribution in [0.2, 0.25) is 0 Å². The van der Waals surface area contributed by atoms with Gasteiger partial charge in [0.15, 0.2) is 0 Å². The molecule has 0 bridgehead atoms. The molecule has 1 amide bonds. The Balaban J connectivity index is 1.43. The van der Waals surface area contributed by atoms with Gasteiger partial charge in [-0.15, -0.1) is 0 Å². The number of aliphatic carboxylic acids is 1. The molecule has 2 fully saturated rings. The van der Waals surface area contributed by atoms with E-state index in [1.165, 1.54) is 0 Å². The fourth-order valence-electron chi connectivity index (χ4n) is 4.68. The molecule has 1 saturated heterocycles. The van der Waals surface area contributed by atoms with E-state index in [9.17, 15) is 14.7 Å². The minimum atomic E-state index is -1.00. The molecule has 1 aliphatic heterocycles. The molecule has 0 spiro atoms. The molecule has 1 aliphatic carbocycles. The Morgan fingerprint density at radius 3 is 2.65 bits per heavy atom. The number of halogens is 1. The number of fused-ring (bicyclic) bond motifs is 1. The number of pyridine rings is 1. The first-order valence-electron chi connectivity index (χ1n) is 10.4. The van der Waals surface area contributed by atoms with Gasteiger partial charge < -0.3 is 19.5 Å². The lowest BCUT2D eigenvalue weighted by Gasteiger charge is -2.41. The molecule has 2 heterocycles. The molecular formula is C23H25BrN2O5. The van der Waals surface area contributed by atoms with Crippen LogP contribution in [0, 0.1) is 11.8 Å². The van der Waals surface area contributed by atoms with E-state index in [4.69, 9.17) is 9.47 Å². The quantitative estimate of drug-likeness (QED) is 0.654. The number of hydrogen-bond donors (Lipinski definition) is 1.